The molecule has 2 rings (SSSR count). The van der Waals surface area contributed by atoms with Crippen LogP contribution in [0.25, 0.3) is 0 Å². The Balaban J connectivity index is 2.09. The van der Waals surface area contributed by atoms with Crippen molar-refractivity contribution in [2.75, 3.05) is 6.61 Å². The standard InChI is InChI=1S/C15H19NO4/c1-9(2)11-8-12(10(3)7-13(11)17)16-20-15(18)14-5-4-6-19-14/h7-9,14H,4-6H2,1-3H3/b16-12-. The van der Waals surface area contributed by atoms with Gasteiger partial charge in [-0.25, -0.2) is 4.79 Å². The van der Waals surface area contributed by atoms with Gasteiger partial charge in [0.25, 0.3) is 0 Å². The summed E-state index contributed by atoms with van der Waals surface area (Å²) < 4.78 is 5.23. The number of carbonyl (C=O) groups excluding carboxylic acids is 2. The van der Waals surface area contributed by atoms with Crippen LogP contribution in [0.5, 0.6) is 0 Å². The van der Waals surface area contributed by atoms with Crippen LogP contribution >= 0.6 is 0 Å². The summed E-state index contributed by atoms with van der Waals surface area (Å²) in [5.41, 5.74) is 1.88. The molecule has 0 aromatic heterocycles. The van der Waals surface area contributed by atoms with Gasteiger partial charge >= 0.3 is 5.97 Å². The third kappa shape index (κ3) is 3.22. The largest absolute Gasteiger partial charge is 0.366 e. The molecule has 5 heteroatoms. The molecule has 0 bridgehead atoms. The number of ether oxygens (including phenoxy) is 1. The van der Waals surface area contributed by atoms with Gasteiger partial charge in [-0.05, 0) is 43.4 Å². The molecular formula is C15H19NO4. The predicted octanol–water partition coefficient (Wildman–Crippen LogP) is 2.18. The van der Waals surface area contributed by atoms with Crippen molar-refractivity contribution in [3.05, 3.63) is 23.3 Å². The van der Waals surface area contributed by atoms with Crippen LogP contribution in [0.1, 0.15) is 33.6 Å². The Labute approximate surface area is 118 Å². The molecule has 1 unspecified atom stereocenters. The van der Waals surface area contributed by atoms with Gasteiger partial charge in [0.15, 0.2) is 11.9 Å². The van der Waals surface area contributed by atoms with Crippen LogP contribution in [-0.4, -0.2) is 30.2 Å². The first-order chi connectivity index (χ1) is 9.49. The Morgan fingerprint density at radius 3 is 2.80 bits per heavy atom. The summed E-state index contributed by atoms with van der Waals surface area (Å²) in [4.78, 5) is 28.5. The quantitative estimate of drug-likeness (QED) is 0.450. The highest BCUT2D eigenvalue weighted by molar-refractivity contribution is 6.21. The number of oxime groups is 1. The van der Waals surface area contributed by atoms with Crippen LogP contribution in [-0.2, 0) is 19.2 Å². The van der Waals surface area contributed by atoms with E-state index in [1.165, 1.54) is 6.08 Å². The number of nitrogens with zero attached hydrogens (tertiary/aromatic N) is 1. The van der Waals surface area contributed by atoms with E-state index in [0.717, 1.165) is 6.42 Å². The second kappa shape index (κ2) is 6.13. The second-order valence-electron chi connectivity index (χ2n) is 5.33. The highest BCUT2D eigenvalue weighted by Crippen LogP contribution is 2.20. The zero-order valence-electron chi connectivity index (χ0n) is 12.0. The van der Waals surface area contributed by atoms with Gasteiger partial charge in [-0.2, -0.15) is 0 Å². The fourth-order valence-electron chi connectivity index (χ4n) is 2.15. The average molecular weight is 277 g/mol. The first-order valence-corrected chi connectivity index (χ1v) is 6.84. The van der Waals surface area contributed by atoms with Crippen LogP contribution in [0.3, 0.4) is 0 Å². The second-order valence-corrected chi connectivity index (χ2v) is 5.33. The molecule has 2 aliphatic rings. The Morgan fingerprint density at radius 2 is 2.20 bits per heavy atom. The highest BCUT2D eigenvalue weighted by atomic mass is 16.7. The molecular weight excluding hydrogens is 258 g/mol. The van der Waals surface area contributed by atoms with Crippen LogP contribution in [0, 0.1) is 5.92 Å². The van der Waals surface area contributed by atoms with E-state index in [4.69, 9.17) is 9.57 Å². The summed E-state index contributed by atoms with van der Waals surface area (Å²) >= 11 is 0. The Bertz CT molecular complexity index is 508. The van der Waals surface area contributed by atoms with E-state index in [1.54, 1.807) is 13.0 Å². The van der Waals surface area contributed by atoms with Gasteiger partial charge in [0.05, 0.1) is 0 Å². The third-order valence-electron chi connectivity index (χ3n) is 3.38. The maximum absolute atomic E-state index is 11.8. The molecule has 0 aromatic carbocycles. The maximum atomic E-state index is 11.8. The van der Waals surface area contributed by atoms with Gasteiger partial charge in [-0.1, -0.05) is 19.0 Å². The van der Waals surface area contributed by atoms with E-state index in [2.05, 4.69) is 5.16 Å². The van der Waals surface area contributed by atoms with E-state index in [-0.39, 0.29) is 11.7 Å². The molecule has 5 nitrogen and oxygen atoms in total. The molecule has 0 amide bonds. The lowest BCUT2D eigenvalue weighted by atomic mass is 9.90. The molecule has 0 radical (unpaired) electrons. The van der Waals surface area contributed by atoms with Crippen molar-refractivity contribution in [3.8, 4) is 0 Å². The Kier molecular flexibility index (Phi) is 4.49. The summed E-state index contributed by atoms with van der Waals surface area (Å²) in [6, 6.07) is 0. The molecule has 0 N–H and O–H groups in total. The minimum atomic E-state index is -0.512. The van der Waals surface area contributed by atoms with Crippen molar-refractivity contribution in [2.24, 2.45) is 11.1 Å². The first kappa shape index (κ1) is 14.7. The van der Waals surface area contributed by atoms with Gasteiger partial charge < -0.3 is 9.57 Å². The summed E-state index contributed by atoms with van der Waals surface area (Å²) in [5, 5.41) is 3.87. The van der Waals surface area contributed by atoms with E-state index >= 15 is 0 Å². The lowest BCUT2D eigenvalue weighted by molar-refractivity contribution is -0.154. The van der Waals surface area contributed by atoms with Gasteiger partial charge in [0.1, 0.15) is 5.71 Å². The Morgan fingerprint density at radius 1 is 1.45 bits per heavy atom. The van der Waals surface area contributed by atoms with Crippen LogP contribution in [0.15, 0.2) is 28.5 Å². The molecule has 0 saturated carbocycles. The van der Waals surface area contributed by atoms with Crippen molar-refractivity contribution >= 4 is 17.5 Å². The lowest BCUT2D eigenvalue weighted by Crippen LogP contribution is -2.21. The predicted molar refractivity (Wildman–Crippen MR) is 74.2 cm³/mol. The van der Waals surface area contributed by atoms with Gasteiger partial charge in [0, 0.05) is 12.2 Å². The zero-order valence-corrected chi connectivity index (χ0v) is 12.0. The van der Waals surface area contributed by atoms with Crippen LogP contribution < -0.4 is 0 Å². The molecule has 0 spiro atoms. The van der Waals surface area contributed by atoms with Crippen molar-refractivity contribution in [3.63, 3.8) is 0 Å². The summed E-state index contributed by atoms with van der Waals surface area (Å²) in [5.74, 6) is -0.382. The van der Waals surface area contributed by atoms with Crippen molar-refractivity contribution in [2.45, 2.75) is 39.7 Å². The lowest BCUT2D eigenvalue weighted by Gasteiger charge is -2.14. The summed E-state index contributed by atoms with van der Waals surface area (Å²) in [6.45, 7) is 6.23. The highest BCUT2D eigenvalue weighted by Gasteiger charge is 2.26. The normalized spacial score (nSPS) is 24.9. The van der Waals surface area contributed by atoms with E-state index < -0.39 is 12.1 Å². The summed E-state index contributed by atoms with van der Waals surface area (Å²) in [7, 11) is 0. The number of hydrogen-bond donors (Lipinski definition) is 0. The van der Waals surface area contributed by atoms with Gasteiger partial charge in [-0.3, -0.25) is 4.79 Å². The molecule has 1 aliphatic carbocycles. The minimum Gasteiger partial charge on any atom is -0.366 e. The van der Waals surface area contributed by atoms with E-state index in [1.807, 2.05) is 13.8 Å². The van der Waals surface area contributed by atoms with Crippen LogP contribution in [0.2, 0.25) is 0 Å². The number of hydrogen-bond acceptors (Lipinski definition) is 5. The molecule has 0 aromatic rings. The van der Waals surface area contributed by atoms with Gasteiger partial charge in [0.2, 0.25) is 0 Å². The smallest absolute Gasteiger partial charge is 0.363 e. The first-order valence-electron chi connectivity index (χ1n) is 6.84. The third-order valence-corrected chi connectivity index (χ3v) is 3.38. The molecule has 1 saturated heterocycles. The monoisotopic (exact) mass is 277 g/mol. The molecule has 20 heavy (non-hydrogen) atoms. The minimum absolute atomic E-state index is 0.0121. The molecule has 108 valence electrons. The SMILES string of the molecule is CC1=CC(=O)C(C(C)C)=C/C1=N/OC(=O)C1CCCO1. The fraction of sp³-hybridized carbons (Fsp3) is 0.533. The number of ketones is 1. The van der Waals surface area contributed by atoms with Crippen molar-refractivity contribution < 1.29 is 19.2 Å². The topological polar surface area (TPSA) is 65.0 Å². The van der Waals surface area contributed by atoms with E-state index in [0.29, 0.717) is 29.9 Å². The Hall–Kier alpha value is -1.75. The maximum Gasteiger partial charge on any atom is 0.363 e. The summed E-state index contributed by atoms with van der Waals surface area (Å²) in [6.07, 6.45) is 4.23. The van der Waals surface area contributed by atoms with Crippen LogP contribution in [0.4, 0.5) is 0 Å². The molecule has 1 aliphatic heterocycles. The fourth-order valence-corrected chi connectivity index (χ4v) is 2.15. The van der Waals surface area contributed by atoms with Crippen molar-refractivity contribution in [1.29, 1.82) is 0 Å². The molecule has 1 heterocycles. The number of allylic oxidation sites excluding steroid dienone is 4. The number of carbonyl (C=O) groups is 2. The number of rotatable bonds is 3. The van der Waals surface area contributed by atoms with Gasteiger partial charge in [-0.15, -0.1) is 0 Å². The molecule has 1 atom stereocenters. The average Bonchev–Trinajstić information content (AvgIpc) is 2.90. The molecule has 1 fully saturated rings. The zero-order chi connectivity index (χ0) is 14.7. The van der Waals surface area contributed by atoms with Crippen molar-refractivity contribution in [1.82, 2.24) is 0 Å². The van der Waals surface area contributed by atoms with E-state index in [9.17, 15) is 9.59 Å².